The molecule has 7 nitrogen and oxygen atoms in total. The number of benzene rings is 1. The van der Waals surface area contributed by atoms with Crippen LogP contribution in [0.4, 0.5) is 4.39 Å². The third-order valence-corrected chi connectivity index (χ3v) is 4.08. The zero-order chi connectivity index (χ0) is 18.3. The highest BCUT2D eigenvalue weighted by atomic mass is 19.1. The van der Waals surface area contributed by atoms with E-state index in [0.29, 0.717) is 22.2 Å². The number of fused-ring (bicyclic) bond motifs is 1. The summed E-state index contributed by atoms with van der Waals surface area (Å²) in [6, 6.07) is 10.1. The topological polar surface area (TPSA) is 104 Å². The van der Waals surface area contributed by atoms with E-state index in [0.717, 1.165) is 4.57 Å². The maximum atomic E-state index is 14.2. The molecule has 26 heavy (non-hydrogen) atoms. The molecule has 8 heteroatoms. The van der Waals surface area contributed by atoms with Crippen molar-refractivity contribution in [3.05, 3.63) is 76.1 Å². The van der Waals surface area contributed by atoms with Crippen LogP contribution in [-0.2, 0) is 6.42 Å². The highest BCUT2D eigenvalue weighted by Crippen LogP contribution is 2.29. The molecule has 0 aliphatic carbocycles. The molecule has 0 aliphatic rings. The van der Waals surface area contributed by atoms with Gasteiger partial charge in [0.1, 0.15) is 5.82 Å². The van der Waals surface area contributed by atoms with E-state index in [9.17, 15) is 19.4 Å². The Labute approximate surface area is 146 Å². The van der Waals surface area contributed by atoms with Crippen LogP contribution >= 0.6 is 0 Å². The predicted molar refractivity (Wildman–Crippen MR) is 92.0 cm³/mol. The van der Waals surface area contributed by atoms with Gasteiger partial charge in [0.15, 0.2) is 11.8 Å². The zero-order valence-electron chi connectivity index (χ0n) is 13.3. The largest absolute Gasteiger partial charge is 0.494 e. The lowest BCUT2D eigenvalue weighted by atomic mass is 10.1. The van der Waals surface area contributed by atoms with Gasteiger partial charge in [-0.3, -0.25) is 9.78 Å². The minimum Gasteiger partial charge on any atom is -0.494 e. The third-order valence-electron chi connectivity index (χ3n) is 4.08. The maximum absolute atomic E-state index is 14.2. The van der Waals surface area contributed by atoms with Gasteiger partial charge in [-0.2, -0.15) is 5.10 Å². The average molecular weight is 352 g/mol. The molecule has 0 fully saturated rings. The summed E-state index contributed by atoms with van der Waals surface area (Å²) in [7, 11) is 0. The van der Waals surface area contributed by atoms with E-state index in [-0.39, 0.29) is 29.4 Å². The summed E-state index contributed by atoms with van der Waals surface area (Å²) in [6.45, 7) is 0. The van der Waals surface area contributed by atoms with Gasteiger partial charge in [-0.25, -0.2) is 14.1 Å². The molecular formula is C18H13FN4O3. The average Bonchev–Trinajstić information content (AvgIpc) is 2.98. The number of nitrogens with one attached hydrogen (secondary N) is 1. The van der Waals surface area contributed by atoms with Crippen LogP contribution in [0.5, 0.6) is 11.8 Å². The number of nitrogens with zero attached hydrogens (tertiary/aromatic N) is 3. The molecule has 0 unspecified atom stereocenters. The molecule has 0 bridgehead atoms. The normalized spacial score (nSPS) is 11.1. The number of hydrogen-bond donors (Lipinski definition) is 3. The second-order valence-electron chi connectivity index (χ2n) is 5.75. The fourth-order valence-electron chi connectivity index (χ4n) is 2.87. The van der Waals surface area contributed by atoms with Gasteiger partial charge in [0.25, 0.3) is 5.56 Å². The van der Waals surface area contributed by atoms with Crippen molar-refractivity contribution in [3.8, 4) is 17.4 Å². The molecule has 3 heterocycles. The van der Waals surface area contributed by atoms with E-state index in [4.69, 9.17) is 0 Å². The second-order valence-corrected chi connectivity index (χ2v) is 5.75. The number of hydrogen-bond acceptors (Lipinski definition) is 5. The van der Waals surface area contributed by atoms with Crippen molar-refractivity contribution in [2.24, 2.45) is 0 Å². The van der Waals surface area contributed by atoms with E-state index in [1.54, 1.807) is 24.4 Å². The van der Waals surface area contributed by atoms with Gasteiger partial charge < -0.3 is 10.2 Å². The van der Waals surface area contributed by atoms with Crippen molar-refractivity contribution in [3.63, 3.8) is 0 Å². The Bertz CT molecular complexity index is 1160. The Balaban J connectivity index is 1.81. The van der Waals surface area contributed by atoms with Gasteiger partial charge in [0, 0.05) is 24.8 Å². The fourth-order valence-corrected chi connectivity index (χ4v) is 2.87. The van der Waals surface area contributed by atoms with Crippen LogP contribution in [0.25, 0.3) is 16.6 Å². The predicted octanol–water partition coefficient (Wildman–Crippen LogP) is 2.25. The Morgan fingerprint density at radius 3 is 2.65 bits per heavy atom. The molecule has 4 aromatic rings. The Hall–Kier alpha value is -3.68. The van der Waals surface area contributed by atoms with Gasteiger partial charge in [-0.05, 0) is 29.8 Å². The van der Waals surface area contributed by atoms with Crippen molar-refractivity contribution in [1.29, 1.82) is 0 Å². The van der Waals surface area contributed by atoms with Crippen LogP contribution in [0.3, 0.4) is 0 Å². The van der Waals surface area contributed by atoms with Crippen molar-refractivity contribution < 1.29 is 14.6 Å². The van der Waals surface area contributed by atoms with Crippen molar-refractivity contribution in [1.82, 2.24) is 19.7 Å². The highest BCUT2D eigenvalue weighted by Gasteiger charge is 2.15. The zero-order valence-corrected chi connectivity index (χ0v) is 13.3. The number of halogens is 1. The molecule has 4 rings (SSSR count). The maximum Gasteiger partial charge on any atom is 0.273 e. The van der Waals surface area contributed by atoms with Gasteiger partial charge in [0.2, 0.25) is 0 Å². The number of pyridine rings is 1. The molecule has 0 atom stereocenters. The van der Waals surface area contributed by atoms with Gasteiger partial charge in [-0.15, -0.1) is 0 Å². The van der Waals surface area contributed by atoms with E-state index in [1.165, 1.54) is 24.3 Å². The first-order valence-electron chi connectivity index (χ1n) is 7.75. The lowest BCUT2D eigenvalue weighted by Gasteiger charge is -2.11. The number of aromatic hydroxyl groups is 2. The van der Waals surface area contributed by atoms with E-state index in [2.05, 4.69) is 15.2 Å². The van der Waals surface area contributed by atoms with Crippen LogP contribution in [0, 0.1) is 5.82 Å². The van der Waals surface area contributed by atoms with E-state index >= 15 is 0 Å². The summed E-state index contributed by atoms with van der Waals surface area (Å²) in [4.78, 5) is 16.1. The monoisotopic (exact) mass is 352 g/mol. The minimum atomic E-state index is -0.604. The fraction of sp³-hybridized carbons (Fsp3) is 0.0556. The van der Waals surface area contributed by atoms with Crippen molar-refractivity contribution in [2.45, 2.75) is 6.42 Å². The lowest BCUT2D eigenvalue weighted by molar-refractivity contribution is 0.399. The number of H-pyrrole nitrogens is 1. The first-order valence-corrected chi connectivity index (χ1v) is 7.75. The van der Waals surface area contributed by atoms with Crippen LogP contribution in [0.1, 0.15) is 11.3 Å². The molecule has 0 saturated carbocycles. The van der Waals surface area contributed by atoms with E-state index in [1.807, 2.05) is 0 Å². The van der Waals surface area contributed by atoms with Crippen molar-refractivity contribution in [2.75, 3.05) is 0 Å². The van der Waals surface area contributed by atoms with Crippen LogP contribution in [-0.4, -0.2) is 30.0 Å². The molecule has 130 valence electrons. The Morgan fingerprint density at radius 1 is 1.12 bits per heavy atom. The van der Waals surface area contributed by atoms with Crippen LogP contribution in [0.2, 0.25) is 0 Å². The number of aromatic amines is 1. The summed E-state index contributed by atoms with van der Waals surface area (Å²) >= 11 is 0. The first-order chi connectivity index (χ1) is 12.5. The second kappa shape index (κ2) is 5.99. The standard InChI is InChI=1S/C18H13FN4O3/c19-12-4-3-10(9-14(12)23-15(24)5-6-16(23)25)8-13-17-11(2-1-7-20-17)18(26)22-21-13/h1-7,9,24-25H,8H2,(H,22,26). The minimum absolute atomic E-state index is 0.00388. The molecule has 0 amide bonds. The van der Waals surface area contributed by atoms with Crippen LogP contribution < -0.4 is 5.56 Å². The summed E-state index contributed by atoms with van der Waals surface area (Å²) in [5, 5.41) is 26.6. The summed E-state index contributed by atoms with van der Waals surface area (Å²) in [5.41, 5.74) is 1.33. The number of rotatable bonds is 3. The summed E-state index contributed by atoms with van der Waals surface area (Å²) in [6.07, 6.45) is 1.85. The molecule has 0 aliphatic heterocycles. The van der Waals surface area contributed by atoms with Gasteiger partial charge >= 0.3 is 0 Å². The molecule has 3 N–H and O–H groups in total. The lowest BCUT2D eigenvalue weighted by Crippen LogP contribution is -2.12. The van der Waals surface area contributed by atoms with Gasteiger partial charge in [0.05, 0.1) is 22.3 Å². The summed E-state index contributed by atoms with van der Waals surface area (Å²) < 4.78 is 15.2. The molecule has 0 saturated heterocycles. The molecular weight excluding hydrogens is 339 g/mol. The Morgan fingerprint density at radius 2 is 1.88 bits per heavy atom. The molecule has 3 aromatic heterocycles. The quantitative estimate of drug-likeness (QED) is 0.525. The van der Waals surface area contributed by atoms with E-state index < -0.39 is 5.82 Å². The Kier molecular flexibility index (Phi) is 3.65. The summed E-state index contributed by atoms with van der Waals surface area (Å²) in [5.74, 6) is -1.17. The highest BCUT2D eigenvalue weighted by molar-refractivity contribution is 5.79. The van der Waals surface area contributed by atoms with Crippen LogP contribution in [0.15, 0.2) is 53.5 Å². The first kappa shape index (κ1) is 15.8. The van der Waals surface area contributed by atoms with Gasteiger partial charge in [-0.1, -0.05) is 6.07 Å². The SMILES string of the molecule is O=c1[nH]nc(Cc2ccc(F)c(-n3c(O)ccc3O)c2)c2ncccc12. The smallest absolute Gasteiger partial charge is 0.273 e. The third kappa shape index (κ3) is 2.57. The molecule has 1 aromatic carbocycles. The van der Waals surface area contributed by atoms with Crippen molar-refractivity contribution >= 4 is 10.9 Å². The molecule has 0 radical (unpaired) electrons. The number of aromatic nitrogens is 4. The molecule has 0 spiro atoms.